The van der Waals surface area contributed by atoms with Crippen LogP contribution in [0, 0.1) is 6.92 Å². The van der Waals surface area contributed by atoms with Crippen molar-refractivity contribution in [3.8, 4) is 5.75 Å². The zero-order valence-electron chi connectivity index (χ0n) is 22.0. The SMILES string of the molecule is Cc1cc(C(=O)N2CC[C@]34C(=O)N(CC(=O)N(C)CCCOc5cccc(c5)[C@H]23)c2ccccc24)cc(=O)[nH]1. The third-order valence-corrected chi connectivity index (χ3v) is 8.11. The molecule has 1 aromatic heterocycles. The first kappa shape index (κ1) is 24.9. The van der Waals surface area contributed by atoms with Crippen LogP contribution < -0.4 is 15.2 Å². The first-order valence-electron chi connectivity index (χ1n) is 13.2. The highest BCUT2D eigenvalue weighted by Gasteiger charge is 2.61. The number of hydrogen-bond donors (Lipinski definition) is 1. The summed E-state index contributed by atoms with van der Waals surface area (Å²) in [5, 5.41) is 0. The lowest BCUT2D eigenvalue weighted by Gasteiger charge is -2.35. The van der Waals surface area contributed by atoms with Gasteiger partial charge in [0.2, 0.25) is 17.4 Å². The number of aromatic nitrogens is 1. The molecule has 3 amide bonds. The molecule has 0 radical (unpaired) electrons. The summed E-state index contributed by atoms with van der Waals surface area (Å²) in [6.45, 7) is 2.89. The van der Waals surface area contributed by atoms with E-state index in [2.05, 4.69) is 4.98 Å². The van der Waals surface area contributed by atoms with Gasteiger partial charge in [0.1, 0.15) is 17.7 Å². The molecule has 3 aliphatic rings. The molecule has 1 fully saturated rings. The summed E-state index contributed by atoms with van der Waals surface area (Å²) in [6.07, 6.45) is 1.02. The predicted molar refractivity (Wildman–Crippen MR) is 145 cm³/mol. The standard InChI is InChI=1S/C30H30N4O5/c1-19-15-21(17-25(35)31-19)28(37)33-13-11-30-23-9-3-4-10-24(23)34(29(30)38)18-26(36)32(2)12-6-14-39-22-8-5-7-20(16-22)27(30)33/h3-5,7-10,15-17,27H,6,11-14,18H2,1-2H3,(H,31,35)/t27-,30+/m0/s1. The van der Waals surface area contributed by atoms with Crippen LogP contribution in [-0.4, -0.2) is 65.8 Å². The maximum atomic E-state index is 14.5. The van der Waals surface area contributed by atoms with Gasteiger partial charge in [0.15, 0.2) is 0 Å². The van der Waals surface area contributed by atoms with Crippen LogP contribution in [0.1, 0.15) is 46.1 Å². The largest absolute Gasteiger partial charge is 0.494 e. The Labute approximate surface area is 226 Å². The van der Waals surface area contributed by atoms with Gasteiger partial charge in [0.25, 0.3) is 5.91 Å². The number of ether oxygens (including phenoxy) is 1. The van der Waals surface area contributed by atoms with Crippen molar-refractivity contribution in [2.45, 2.75) is 31.2 Å². The number of likely N-dealkylation sites (tertiary alicyclic amines) is 1. The van der Waals surface area contributed by atoms with Gasteiger partial charge < -0.3 is 24.4 Å². The lowest BCUT2D eigenvalue weighted by Crippen LogP contribution is -2.48. The van der Waals surface area contributed by atoms with E-state index in [9.17, 15) is 19.2 Å². The molecule has 200 valence electrons. The molecule has 1 N–H and O–H groups in total. The Bertz CT molecular complexity index is 1550. The molecule has 3 aromatic rings. The molecular weight excluding hydrogens is 496 g/mol. The number of hydrogen-bond acceptors (Lipinski definition) is 5. The van der Waals surface area contributed by atoms with E-state index in [1.165, 1.54) is 6.07 Å². The number of anilines is 1. The van der Waals surface area contributed by atoms with Gasteiger partial charge in [-0.05, 0) is 55.2 Å². The van der Waals surface area contributed by atoms with Crippen LogP contribution in [-0.2, 0) is 15.0 Å². The number of nitrogens with one attached hydrogen (secondary N) is 1. The molecule has 9 heteroatoms. The van der Waals surface area contributed by atoms with Crippen LogP contribution in [0.15, 0.2) is 65.5 Å². The van der Waals surface area contributed by atoms with Gasteiger partial charge in [-0.3, -0.25) is 19.2 Å². The monoisotopic (exact) mass is 526 g/mol. The van der Waals surface area contributed by atoms with Crippen LogP contribution in [0.4, 0.5) is 5.69 Å². The zero-order chi connectivity index (χ0) is 27.3. The van der Waals surface area contributed by atoms with E-state index in [0.29, 0.717) is 49.7 Å². The van der Waals surface area contributed by atoms with Gasteiger partial charge in [-0.25, -0.2) is 0 Å². The average Bonchev–Trinajstić information content (AvgIpc) is 3.43. The van der Waals surface area contributed by atoms with Gasteiger partial charge in [-0.1, -0.05) is 30.3 Å². The maximum absolute atomic E-state index is 14.5. The number of carbonyl (C=O) groups is 3. The van der Waals surface area contributed by atoms with Crippen LogP contribution in [0.2, 0.25) is 0 Å². The second kappa shape index (κ2) is 9.41. The number of aromatic amines is 1. The van der Waals surface area contributed by atoms with Crippen molar-refractivity contribution in [2.75, 3.05) is 38.2 Å². The van der Waals surface area contributed by atoms with Gasteiger partial charge in [-0.15, -0.1) is 0 Å². The molecule has 6 rings (SSSR count). The van der Waals surface area contributed by atoms with Crippen molar-refractivity contribution in [1.29, 1.82) is 0 Å². The molecule has 4 heterocycles. The number of likely N-dealkylation sites (N-methyl/N-ethyl adjacent to an activating group) is 1. The minimum Gasteiger partial charge on any atom is -0.494 e. The summed E-state index contributed by atoms with van der Waals surface area (Å²) < 4.78 is 6.03. The van der Waals surface area contributed by atoms with E-state index >= 15 is 0 Å². The van der Waals surface area contributed by atoms with Gasteiger partial charge in [-0.2, -0.15) is 0 Å². The molecule has 2 aromatic carbocycles. The molecule has 2 atom stereocenters. The molecule has 39 heavy (non-hydrogen) atoms. The van der Waals surface area contributed by atoms with E-state index in [0.717, 1.165) is 11.1 Å². The predicted octanol–water partition coefficient (Wildman–Crippen LogP) is 2.80. The topological polar surface area (TPSA) is 103 Å². The third kappa shape index (κ3) is 4.00. The van der Waals surface area contributed by atoms with Crippen LogP contribution in [0.25, 0.3) is 0 Å². The Morgan fingerprint density at radius 3 is 2.67 bits per heavy atom. The van der Waals surface area contributed by atoms with Gasteiger partial charge >= 0.3 is 0 Å². The van der Waals surface area contributed by atoms with Crippen molar-refractivity contribution >= 4 is 23.4 Å². The van der Waals surface area contributed by atoms with Crippen LogP contribution in [0.3, 0.4) is 0 Å². The minimum atomic E-state index is -1.09. The summed E-state index contributed by atoms with van der Waals surface area (Å²) in [6, 6.07) is 17.4. The van der Waals surface area contributed by atoms with Crippen LogP contribution in [0.5, 0.6) is 5.75 Å². The number of nitrogens with zero attached hydrogens (tertiary/aromatic N) is 3. The fourth-order valence-corrected chi connectivity index (χ4v) is 6.35. The highest BCUT2D eigenvalue weighted by Crippen LogP contribution is 2.57. The van der Waals surface area contributed by atoms with Crippen molar-refractivity contribution in [3.05, 3.63) is 93.4 Å². The summed E-state index contributed by atoms with van der Waals surface area (Å²) in [5.41, 5.74) is 1.66. The minimum absolute atomic E-state index is 0.0804. The van der Waals surface area contributed by atoms with E-state index in [1.807, 2.05) is 48.5 Å². The van der Waals surface area contributed by atoms with E-state index in [1.54, 1.807) is 34.7 Å². The summed E-state index contributed by atoms with van der Waals surface area (Å²) in [7, 11) is 1.74. The Balaban J connectivity index is 1.55. The first-order chi connectivity index (χ1) is 18.8. The molecule has 1 saturated heterocycles. The quantitative estimate of drug-likeness (QED) is 0.525. The second-order valence-corrected chi connectivity index (χ2v) is 10.5. The normalized spacial score (nSPS) is 22.7. The van der Waals surface area contributed by atoms with E-state index in [-0.39, 0.29) is 35.4 Å². The summed E-state index contributed by atoms with van der Waals surface area (Å²) in [4.78, 5) is 61.6. The van der Waals surface area contributed by atoms with E-state index < -0.39 is 11.5 Å². The number of para-hydroxylation sites is 1. The van der Waals surface area contributed by atoms with E-state index in [4.69, 9.17) is 4.74 Å². The molecular formula is C30H30N4O5. The molecule has 0 unspecified atom stereocenters. The lowest BCUT2D eigenvalue weighted by molar-refractivity contribution is -0.131. The third-order valence-electron chi connectivity index (χ3n) is 8.11. The Morgan fingerprint density at radius 2 is 1.85 bits per heavy atom. The van der Waals surface area contributed by atoms with Gasteiger partial charge in [0.05, 0.1) is 12.6 Å². The lowest BCUT2D eigenvalue weighted by atomic mass is 9.72. The zero-order valence-corrected chi connectivity index (χ0v) is 22.0. The number of amides is 3. The molecule has 0 aliphatic carbocycles. The van der Waals surface area contributed by atoms with Crippen LogP contribution >= 0.6 is 0 Å². The molecule has 9 nitrogen and oxygen atoms in total. The number of fused-ring (bicyclic) bond motifs is 6. The number of pyridine rings is 1. The van der Waals surface area contributed by atoms with Crippen molar-refractivity contribution in [3.63, 3.8) is 0 Å². The van der Waals surface area contributed by atoms with Crippen molar-refractivity contribution < 1.29 is 19.1 Å². The second-order valence-electron chi connectivity index (χ2n) is 10.5. The van der Waals surface area contributed by atoms with Gasteiger partial charge in [0, 0.05) is 43.1 Å². The molecule has 4 bridgehead atoms. The van der Waals surface area contributed by atoms with Crippen molar-refractivity contribution in [2.24, 2.45) is 0 Å². The first-order valence-corrected chi connectivity index (χ1v) is 13.2. The molecule has 1 spiro atoms. The Hall–Kier alpha value is -4.40. The highest BCUT2D eigenvalue weighted by atomic mass is 16.5. The fourth-order valence-electron chi connectivity index (χ4n) is 6.35. The Kier molecular flexibility index (Phi) is 6.01. The highest BCUT2D eigenvalue weighted by molar-refractivity contribution is 6.12. The number of aryl methyl sites for hydroxylation is 1. The number of rotatable bonds is 1. The molecule has 3 aliphatic heterocycles. The number of benzene rings is 2. The smallest absolute Gasteiger partial charge is 0.254 e. The Morgan fingerprint density at radius 1 is 1.03 bits per heavy atom. The maximum Gasteiger partial charge on any atom is 0.254 e. The number of H-pyrrole nitrogens is 1. The average molecular weight is 527 g/mol. The van der Waals surface area contributed by atoms with Crippen molar-refractivity contribution in [1.82, 2.24) is 14.8 Å². The number of carbonyl (C=O) groups excluding carboxylic acids is 3. The molecule has 0 saturated carbocycles. The fraction of sp³-hybridized carbons (Fsp3) is 0.333. The summed E-state index contributed by atoms with van der Waals surface area (Å²) >= 11 is 0. The summed E-state index contributed by atoms with van der Waals surface area (Å²) in [5.74, 6) is -0.0444.